The van der Waals surface area contributed by atoms with Gasteiger partial charge in [0, 0.05) is 50.6 Å². The van der Waals surface area contributed by atoms with Crippen molar-refractivity contribution < 1.29 is 0 Å². The molecule has 0 unspecified atom stereocenters. The maximum Gasteiger partial charge on any atom is 0.0367 e. The molecular weight excluding hydrogens is 258 g/mol. The van der Waals surface area contributed by atoms with Gasteiger partial charge in [0.15, 0.2) is 0 Å². The first-order valence-corrected chi connectivity index (χ1v) is 7.73. The topological polar surface area (TPSA) is 18.5 Å². The van der Waals surface area contributed by atoms with Gasteiger partial charge in [0.1, 0.15) is 0 Å². The first kappa shape index (κ1) is 14.0. The van der Waals surface area contributed by atoms with Crippen molar-refractivity contribution in [2.45, 2.75) is 0 Å². The Balaban J connectivity index is 1.40. The molecule has 3 rings (SSSR count). The number of piperazine rings is 1. The van der Waals surface area contributed by atoms with Gasteiger partial charge in [-0.2, -0.15) is 0 Å². The van der Waals surface area contributed by atoms with Crippen LogP contribution in [0.3, 0.4) is 0 Å². The molecule has 110 valence electrons. The van der Waals surface area contributed by atoms with Crippen LogP contribution in [-0.4, -0.2) is 44.2 Å². The Morgan fingerprint density at radius 3 is 2.05 bits per heavy atom. The fourth-order valence-corrected chi connectivity index (χ4v) is 2.78. The smallest absolute Gasteiger partial charge is 0.0367 e. The van der Waals surface area contributed by atoms with Crippen molar-refractivity contribution in [1.82, 2.24) is 4.90 Å². The highest BCUT2D eigenvalue weighted by Crippen LogP contribution is 2.15. The molecule has 3 heteroatoms. The molecule has 0 bridgehead atoms. The summed E-state index contributed by atoms with van der Waals surface area (Å²) in [5.74, 6) is 0. The number of benzene rings is 2. The average molecular weight is 281 g/mol. The molecule has 1 saturated heterocycles. The average Bonchev–Trinajstić information content (AvgIpc) is 2.57. The summed E-state index contributed by atoms with van der Waals surface area (Å²) in [4.78, 5) is 5.01. The molecule has 2 aromatic carbocycles. The third kappa shape index (κ3) is 3.99. The van der Waals surface area contributed by atoms with E-state index in [4.69, 9.17) is 0 Å². The predicted octanol–water partition coefficient (Wildman–Crippen LogP) is 2.92. The standard InChI is InChI=1S/C18H23N3/c1-3-7-17(8-4-1)19-11-12-20-13-15-21(16-14-20)18-9-5-2-6-10-18/h1-10,19H,11-16H2. The van der Waals surface area contributed by atoms with Gasteiger partial charge in [-0.05, 0) is 24.3 Å². The van der Waals surface area contributed by atoms with Crippen LogP contribution in [0.25, 0.3) is 0 Å². The van der Waals surface area contributed by atoms with Gasteiger partial charge in [0.05, 0.1) is 0 Å². The molecule has 1 N–H and O–H groups in total. The van der Waals surface area contributed by atoms with Crippen molar-refractivity contribution in [3.05, 3.63) is 60.7 Å². The quantitative estimate of drug-likeness (QED) is 0.909. The van der Waals surface area contributed by atoms with Gasteiger partial charge in [-0.15, -0.1) is 0 Å². The van der Waals surface area contributed by atoms with Gasteiger partial charge in [-0.1, -0.05) is 36.4 Å². The summed E-state index contributed by atoms with van der Waals surface area (Å²) < 4.78 is 0. The Labute approximate surface area is 127 Å². The Hall–Kier alpha value is -2.00. The molecule has 0 amide bonds. The van der Waals surface area contributed by atoms with Crippen LogP contribution in [-0.2, 0) is 0 Å². The van der Waals surface area contributed by atoms with Crippen LogP contribution >= 0.6 is 0 Å². The minimum atomic E-state index is 1.01. The largest absolute Gasteiger partial charge is 0.384 e. The zero-order chi connectivity index (χ0) is 14.3. The number of anilines is 2. The number of para-hydroxylation sites is 2. The molecule has 0 saturated carbocycles. The van der Waals surface area contributed by atoms with Crippen molar-refractivity contribution in [3.8, 4) is 0 Å². The SMILES string of the molecule is c1ccc(NCCN2CCN(c3ccccc3)CC2)cc1. The number of hydrogen-bond acceptors (Lipinski definition) is 3. The summed E-state index contributed by atoms with van der Waals surface area (Å²) in [6.07, 6.45) is 0. The van der Waals surface area contributed by atoms with E-state index >= 15 is 0 Å². The van der Waals surface area contributed by atoms with Crippen molar-refractivity contribution in [2.75, 3.05) is 49.5 Å². The zero-order valence-electron chi connectivity index (χ0n) is 12.4. The second-order valence-corrected chi connectivity index (χ2v) is 5.46. The minimum Gasteiger partial charge on any atom is -0.384 e. The van der Waals surface area contributed by atoms with E-state index in [9.17, 15) is 0 Å². The molecule has 1 heterocycles. The highest BCUT2D eigenvalue weighted by atomic mass is 15.3. The summed E-state index contributed by atoms with van der Waals surface area (Å²) in [6, 6.07) is 21.1. The molecule has 0 spiro atoms. The van der Waals surface area contributed by atoms with E-state index in [0.717, 1.165) is 39.3 Å². The van der Waals surface area contributed by atoms with Crippen LogP contribution in [0.1, 0.15) is 0 Å². The van der Waals surface area contributed by atoms with Crippen LogP contribution in [0.2, 0.25) is 0 Å². The lowest BCUT2D eigenvalue weighted by Gasteiger charge is -2.36. The molecule has 1 aliphatic rings. The van der Waals surface area contributed by atoms with Crippen LogP contribution in [0.5, 0.6) is 0 Å². The minimum absolute atomic E-state index is 1.01. The molecule has 1 aliphatic heterocycles. The predicted molar refractivity (Wildman–Crippen MR) is 90.0 cm³/mol. The third-order valence-electron chi connectivity index (χ3n) is 4.02. The lowest BCUT2D eigenvalue weighted by atomic mass is 10.2. The molecule has 0 radical (unpaired) electrons. The van der Waals surface area contributed by atoms with Gasteiger partial charge < -0.3 is 10.2 Å². The zero-order valence-corrected chi connectivity index (χ0v) is 12.4. The second kappa shape index (κ2) is 7.14. The molecule has 2 aromatic rings. The molecule has 0 atom stereocenters. The molecule has 0 aromatic heterocycles. The monoisotopic (exact) mass is 281 g/mol. The van der Waals surface area contributed by atoms with Crippen molar-refractivity contribution in [2.24, 2.45) is 0 Å². The third-order valence-corrected chi connectivity index (χ3v) is 4.02. The van der Waals surface area contributed by atoms with E-state index < -0.39 is 0 Å². The van der Waals surface area contributed by atoms with Gasteiger partial charge in [0.25, 0.3) is 0 Å². The van der Waals surface area contributed by atoms with Crippen LogP contribution in [0, 0.1) is 0 Å². The summed E-state index contributed by atoms with van der Waals surface area (Å²) in [5, 5.41) is 3.48. The maximum atomic E-state index is 3.48. The number of hydrogen-bond donors (Lipinski definition) is 1. The lowest BCUT2D eigenvalue weighted by molar-refractivity contribution is 0.267. The Kier molecular flexibility index (Phi) is 4.74. The maximum absolute atomic E-state index is 3.48. The molecule has 0 aliphatic carbocycles. The van der Waals surface area contributed by atoms with E-state index in [1.54, 1.807) is 0 Å². The van der Waals surface area contributed by atoms with Crippen molar-refractivity contribution in [1.29, 1.82) is 0 Å². The van der Waals surface area contributed by atoms with Gasteiger partial charge in [-0.25, -0.2) is 0 Å². The van der Waals surface area contributed by atoms with Crippen LogP contribution in [0.15, 0.2) is 60.7 Å². The van der Waals surface area contributed by atoms with E-state index in [1.165, 1.54) is 11.4 Å². The second-order valence-electron chi connectivity index (χ2n) is 5.46. The first-order chi connectivity index (χ1) is 10.4. The van der Waals surface area contributed by atoms with Crippen molar-refractivity contribution >= 4 is 11.4 Å². The lowest BCUT2D eigenvalue weighted by Crippen LogP contribution is -2.47. The summed E-state index contributed by atoms with van der Waals surface area (Å²) >= 11 is 0. The highest BCUT2D eigenvalue weighted by molar-refractivity contribution is 5.46. The fourth-order valence-electron chi connectivity index (χ4n) is 2.78. The van der Waals surface area contributed by atoms with Gasteiger partial charge in [0.2, 0.25) is 0 Å². The van der Waals surface area contributed by atoms with Crippen LogP contribution in [0.4, 0.5) is 11.4 Å². The number of nitrogens with zero attached hydrogens (tertiary/aromatic N) is 2. The van der Waals surface area contributed by atoms with E-state index in [-0.39, 0.29) is 0 Å². The summed E-state index contributed by atoms with van der Waals surface area (Å²) in [5.41, 5.74) is 2.56. The molecule has 21 heavy (non-hydrogen) atoms. The van der Waals surface area contributed by atoms with Gasteiger partial charge in [-0.3, -0.25) is 4.90 Å². The summed E-state index contributed by atoms with van der Waals surface area (Å²) in [7, 11) is 0. The van der Waals surface area contributed by atoms with Gasteiger partial charge >= 0.3 is 0 Å². The van der Waals surface area contributed by atoms with Crippen molar-refractivity contribution in [3.63, 3.8) is 0 Å². The molecule has 3 nitrogen and oxygen atoms in total. The molecular formula is C18H23N3. The number of rotatable bonds is 5. The van der Waals surface area contributed by atoms with E-state index in [1.807, 2.05) is 6.07 Å². The molecule has 1 fully saturated rings. The highest BCUT2D eigenvalue weighted by Gasteiger charge is 2.16. The first-order valence-electron chi connectivity index (χ1n) is 7.73. The normalized spacial score (nSPS) is 15.9. The Bertz CT molecular complexity index is 516. The fraction of sp³-hybridized carbons (Fsp3) is 0.333. The van der Waals surface area contributed by atoms with E-state index in [2.05, 4.69) is 69.7 Å². The summed E-state index contributed by atoms with van der Waals surface area (Å²) in [6.45, 7) is 6.65. The van der Waals surface area contributed by atoms with E-state index in [0.29, 0.717) is 0 Å². The van der Waals surface area contributed by atoms with Crippen LogP contribution < -0.4 is 10.2 Å². The number of nitrogens with one attached hydrogen (secondary N) is 1. The Morgan fingerprint density at radius 2 is 1.38 bits per heavy atom. The Morgan fingerprint density at radius 1 is 0.762 bits per heavy atom.